The zero-order chi connectivity index (χ0) is 37.2. The maximum atomic E-state index is 6.28. The van der Waals surface area contributed by atoms with Crippen LogP contribution < -0.4 is 0 Å². The Balaban J connectivity index is 1.06. The highest BCUT2D eigenvalue weighted by Gasteiger charge is 2.21. The van der Waals surface area contributed by atoms with Gasteiger partial charge in [0, 0.05) is 65.5 Å². The van der Waals surface area contributed by atoms with Crippen LogP contribution >= 0.6 is 0 Å². The lowest BCUT2D eigenvalue weighted by Gasteiger charge is -2.11. The normalized spacial score (nSPS) is 12.2. The minimum absolute atomic E-state index is 0.597. The highest BCUT2D eigenvalue weighted by atomic mass is 16.3. The first-order valence-corrected chi connectivity index (χ1v) is 19.2. The van der Waals surface area contributed by atoms with E-state index in [-0.39, 0.29) is 0 Å². The molecule has 5 heterocycles. The van der Waals surface area contributed by atoms with Gasteiger partial charge in [0.2, 0.25) is 0 Å². The number of hydrogen-bond donors (Lipinski definition) is 0. The molecule has 13 aromatic rings. The monoisotopic (exact) mass is 727 g/mol. The van der Waals surface area contributed by atoms with E-state index < -0.39 is 0 Å². The molecule has 0 radical (unpaired) electrons. The minimum atomic E-state index is 0.597. The fourth-order valence-electron chi connectivity index (χ4n) is 9.25. The molecule has 0 amide bonds. The van der Waals surface area contributed by atoms with Gasteiger partial charge in [0.25, 0.3) is 0 Å². The molecule has 0 aliphatic rings. The highest BCUT2D eigenvalue weighted by molar-refractivity contribution is 6.23. The van der Waals surface area contributed by atoms with E-state index in [2.05, 4.69) is 124 Å². The second-order valence-electron chi connectivity index (χ2n) is 14.8. The van der Waals surface area contributed by atoms with Gasteiger partial charge in [-0.15, -0.1) is 0 Å². The second-order valence-corrected chi connectivity index (χ2v) is 14.8. The van der Waals surface area contributed by atoms with Crippen molar-refractivity contribution in [3.05, 3.63) is 176 Å². The topological polar surface area (TPSA) is 61.2 Å². The molecular weight excluding hydrogens is 699 g/mol. The molecule has 8 aromatic carbocycles. The van der Waals surface area contributed by atoms with Crippen molar-refractivity contribution >= 4 is 81.8 Å². The summed E-state index contributed by atoms with van der Waals surface area (Å²) >= 11 is 0. The van der Waals surface area contributed by atoms with Crippen molar-refractivity contribution in [1.82, 2.24) is 23.9 Å². The molecule has 5 aromatic heterocycles. The van der Waals surface area contributed by atoms with Gasteiger partial charge in [-0.3, -0.25) is 0 Å². The number of furan rings is 1. The lowest BCUT2D eigenvalue weighted by molar-refractivity contribution is 0.669. The molecule has 13 rings (SSSR count). The molecule has 0 aliphatic heterocycles. The molecule has 0 unspecified atom stereocenters. The van der Waals surface area contributed by atoms with Crippen LogP contribution in [0.1, 0.15) is 0 Å². The third-order valence-electron chi connectivity index (χ3n) is 11.7. The van der Waals surface area contributed by atoms with Crippen LogP contribution in [0.2, 0.25) is 0 Å². The molecule has 0 saturated heterocycles. The van der Waals surface area contributed by atoms with Crippen LogP contribution in [0.3, 0.4) is 0 Å². The first kappa shape index (κ1) is 30.5. The summed E-state index contributed by atoms with van der Waals surface area (Å²) in [6, 6.07) is 61.9. The zero-order valence-corrected chi connectivity index (χ0v) is 30.4. The summed E-state index contributed by atoms with van der Waals surface area (Å²) in [6.45, 7) is 0. The van der Waals surface area contributed by atoms with E-state index in [9.17, 15) is 0 Å². The number of nitrogens with zero attached hydrogens (tertiary/aromatic N) is 5. The molecule has 0 fully saturated rings. The molecule has 0 saturated carbocycles. The number of benzene rings is 8. The van der Waals surface area contributed by atoms with Gasteiger partial charge in [0.1, 0.15) is 11.2 Å². The summed E-state index contributed by atoms with van der Waals surface area (Å²) in [5, 5.41) is 9.46. The number of hydrogen-bond acceptors (Lipinski definition) is 4. The van der Waals surface area contributed by atoms with Crippen molar-refractivity contribution in [2.45, 2.75) is 0 Å². The molecule has 0 spiro atoms. The average Bonchev–Trinajstić information content (AvgIpc) is 4.02. The fraction of sp³-hybridized carbons (Fsp3) is 0. The van der Waals surface area contributed by atoms with Gasteiger partial charge >= 0.3 is 0 Å². The molecular formula is C51H29N5O. The van der Waals surface area contributed by atoms with E-state index in [1.165, 1.54) is 48.9 Å². The highest BCUT2D eigenvalue weighted by Crippen LogP contribution is 2.42. The van der Waals surface area contributed by atoms with Gasteiger partial charge in [-0.1, -0.05) is 133 Å². The molecule has 0 N–H and O–H groups in total. The van der Waals surface area contributed by atoms with E-state index in [0.717, 1.165) is 55.3 Å². The molecule has 6 nitrogen and oxygen atoms in total. The Morgan fingerprint density at radius 1 is 0.368 bits per heavy atom. The van der Waals surface area contributed by atoms with E-state index in [0.29, 0.717) is 17.5 Å². The first-order chi connectivity index (χ1) is 28.3. The Kier molecular flexibility index (Phi) is 6.07. The van der Waals surface area contributed by atoms with Crippen LogP contribution in [0.15, 0.2) is 180 Å². The van der Waals surface area contributed by atoms with Gasteiger partial charge in [0.05, 0.1) is 27.6 Å². The first-order valence-electron chi connectivity index (χ1n) is 19.2. The van der Waals surface area contributed by atoms with Crippen LogP contribution in [0, 0.1) is 0 Å². The summed E-state index contributed by atoms with van der Waals surface area (Å²) in [4.78, 5) is 15.5. The quantitative estimate of drug-likeness (QED) is 0.181. The van der Waals surface area contributed by atoms with Crippen molar-refractivity contribution < 1.29 is 4.42 Å². The van der Waals surface area contributed by atoms with Gasteiger partial charge in [-0.2, -0.15) is 0 Å². The van der Waals surface area contributed by atoms with E-state index in [4.69, 9.17) is 19.4 Å². The van der Waals surface area contributed by atoms with Crippen LogP contribution in [0.4, 0.5) is 0 Å². The Labute approximate surface area is 324 Å². The second kappa shape index (κ2) is 11.4. The molecule has 6 heteroatoms. The van der Waals surface area contributed by atoms with Gasteiger partial charge < -0.3 is 13.4 Å². The van der Waals surface area contributed by atoms with Crippen molar-refractivity contribution in [1.29, 1.82) is 0 Å². The fourth-order valence-corrected chi connectivity index (χ4v) is 9.25. The lowest BCUT2D eigenvalue weighted by atomic mass is 10.1. The number of aromatic nitrogens is 5. The van der Waals surface area contributed by atoms with Gasteiger partial charge in [-0.25, -0.2) is 15.0 Å². The van der Waals surface area contributed by atoms with E-state index in [1.807, 2.05) is 60.7 Å². The number of fused-ring (bicyclic) bond motifs is 12. The van der Waals surface area contributed by atoms with Crippen LogP contribution in [0.5, 0.6) is 0 Å². The summed E-state index contributed by atoms with van der Waals surface area (Å²) < 4.78 is 11.1. The lowest BCUT2D eigenvalue weighted by Crippen LogP contribution is -2.01. The number of para-hydroxylation sites is 4. The van der Waals surface area contributed by atoms with E-state index in [1.54, 1.807) is 0 Å². The van der Waals surface area contributed by atoms with Crippen molar-refractivity contribution in [3.63, 3.8) is 0 Å². The number of rotatable bonds is 4. The molecule has 0 aliphatic carbocycles. The maximum absolute atomic E-state index is 6.28. The predicted octanol–water partition coefficient (Wildman–Crippen LogP) is 13.0. The molecule has 0 atom stereocenters. The Bertz CT molecular complexity index is 3760. The van der Waals surface area contributed by atoms with Crippen LogP contribution in [0.25, 0.3) is 122 Å². The maximum Gasteiger partial charge on any atom is 0.164 e. The predicted molar refractivity (Wildman–Crippen MR) is 232 cm³/mol. The third kappa shape index (κ3) is 4.26. The standard InChI is InChI=1S/C51H29N5O/c1-2-12-30(13-3-1)49-52-50(54-51(53-49)40-19-11-23-46-47(40)39-16-6-9-22-45(39)57-46)31-24-26-35-33-14-4-7-20-41(33)55(43(35)28-31)32-25-27-36-38-18-10-17-37-34-15-5-8-21-42(34)56(48(37)38)44(36)29-32/h1-29H. The molecule has 264 valence electrons. The zero-order valence-electron chi connectivity index (χ0n) is 30.4. The van der Waals surface area contributed by atoms with Crippen LogP contribution in [-0.4, -0.2) is 23.9 Å². The summed E-state index contributed by atoms with van der Waals surface area (Å²) in [5.41, 5.74) is 11.4. The summed E-state index contributed by atoms with van der Waals surface area (Å²) in [5.74, 6) is 1.82. The molecule has 0 bridgehead atoms. The SMILES string of the molecule is c1ccc(-c2nc(-c3ccc4c5ccccc5n(-c5ccc6c7cccc8c9ccccc9n(c6c5)c87)c4c3)nc(-c3cccc4oc5ccccc5c34)n2)cc1. The minimum Gasteiger partial charge on any atom is -0.456 e. The van der Waals surface area contributed by atoms with Gasteiger partial charge in [-0.05, 0) is 42.5 Å². The summed E-state index contributed by atoms with van der Waals surface area (Å²) in [6.07, 6.45) is 0. The smallest absolute Gasteiger partial charge is 0.164 e. The van der Waals surface area contributed by atoms with Gasteiger partial charge in [0.15, 0.2) is 17.5 Å². The van der Waals surface area contributed by atoms with E-state index >= 15 is 0 Å². The average molecular weight is 728 g/mol. The third-order valence-corrected chi connectivity index (χ3v) is 11.7. The van der Waals surface area contributed by atoms with Crippen molar-refractivity contribution in [2.75, 3.05) is 0 Å². The summed E-state index contributed by atoms with van der Waals surface area (Å²) in [7, 11) is 0. The van der Waals surface area contributed by atoms with Crippen LogP contribution in [-0.2, 0) is 0 Å². The Morgan fingerprint density at radius 2 is 0.965 bits per heavy atom. The van der Waals surface area contributed by atoms with Crippen molar-refractivity contribution in [2.24, 2.45) is 0 Å². The largest absolute Gasteiger partial charge is 0.456 e. The Hall–Kier alpha value is -7.83. The Morgan fingerprint density at radius 3 is 1.81 bits per heavy atom. The van der Waals surface area contributed by atoms with Crippen molar-refractivity contribution in [3.8, 4) is 39.9 Å². The molecule has 57 heavy (non-hydrogen) atoms.